The molecule has 1 unspecified atom stereocenters. The van der Waals surface area contributed by atoms with Crippen LogP contribution in [-0.4, -0.2) is 37.9 Å². The van der Waals surface area contributed by atoms with Crippen LogP contribution in [0.4, 0.5) is 0 Å². The van der Waals surface area contributed by atoms with Gasteiger partial charge in [0.15, 0.2) is 6.10 Å². The van der Waals surface area contributed by atoms with Crippen molar-refractivity contribution in [3.8, 4) is 0 Å². The Bertz CT molecular complexity index is 997. The first-order chi connectivity index (χ1) is 29.6. The second kappa shape index (κ2) is 51.2. The summed E-state index contributed by atoms with van der Waals surface area (Å²) in [5.74, 6) is -0.418. The zero-order chi connectivity index (χ0) is 43.5. The van der Waals surface area contributed by atoms with Crippen LogP contribution in [0.5, 0.6) is 0 Å². The molecule has 5 nitrogen and oxygen atoms in total. The number of rotatable bonds is 48. The van der Waals surface area contributed by atoms with Gasteiger partial charge in [-0.2, -0.15) is 0 Å². The molecule has 0 rings (SSSR count). The summed E-state index contributed by atoms with van der Waals surface area (Å²) in [6, 6.07) is 0. The van der Waals surface area contributed by atoms with Gasteiger partial charge in [-0.05, 0) is 96.3 Å². The Balaban J connectivity index is 4.26. The van der Waals surface area contributed by atoms with Gasteiger partial charge >= 0.3 is 11.9 Å². The van der Waals surface area contributed by atoms with Crippen LogP contribution in [0.15, 0.2) is 48.6 Å². The van der Waals surface area contributed by atoms with Crippen molar-refractivity contribution >= 4 is 11.9 Å². The predicted octanol–water partition coefficient (Wildman–Crippen LogP) is 17.6. The Morgan fingerprint density at radius 1 is 0.367 bits per heavy atom. The molecule has 350 valence electrons. The van der Waals surface area contributed by atoms with Gasteiger partial charge in [-0.15, -0.1) is 0 Å². The van der Waals surface area contributed by atoms with E-state index in [0.29, 0.717) is 19.4 Å². The molecule has 0 aliphatic rings. The summed E-state index contributed by atoms with van der Waals surface area (Å²) in [6.45, 7) is 7.74. The third-order valence-electron chi connectivity index (χ3n) is 11.3. The second-order valence-electron chi connectivity index (χ2n) is 17.4. The van der Waals surface area contributed by atoms with Gasteiger partial charge in [-0.1, -0.05) is 204 Å². The standard InChI is InChI=1S/C55H100O5/c1-4-7-10-13-16-19-22-25-26-27-28-29-32-35-38-41-44-47-50-58-51-53(60-55(57)49-46-43-40-37-34-31-24-21-18-15-12-9-6-3)52-59-54(56)48-45-42-39-36-33-30-23-20-17-14-11-8-5-2/h11,14,20-21,23-26,53H,4-10,12-13,15-19,22,27-52H2,1-3H3/b14-11-,23-20-,24-21-,26-25-. The monoisotopic (exact) mass is 841 g/mol. The second-order valence-corrected chi connectivity index (χ2v) is 17.4. The number of ether oxygens (including phenoxy) is 3. The Hall–Kier alpha value is -2.14. The first-order valence-corrected chi connectivity index (χ1v) is 26.2. The van der Waals surface area contributed by atoms with E-state index < -0.39 is 6.10 Å². The molecule has 0 bridgehead atoms. The van der Waals surface area contributed by atoms with E-state index in [4.69, 9.17) is 14.2 Å². The Kier molecular flexibility index (Phi) is 49.4. The van der Waals surface area contributed by atoms with Crippen LogP contribution in [0.1, 0.15) is 265 Å². The van der Waals surface area contributed by atoms with E-state index in [2.05, 4.69) is 69.4 Å². The lowest BCUT2D eigenvalue weighted by Crippen LogP contribution is -2.30. The molecule has 1 atom stereocenters. The van der Waals surface area contributed by atoms with Crippen molar-refractivity contribution < 1.29 is 23.8 Å². The normalized spacial score (nSPS) is 12.5. The lowest BCUT2D eigenvalue weighted by Gasteiger charge is -2.18. The van der Waals surface area contributed by atoms with E-state index in [1.54, 1.807) is 0 Å². The fourth-order valence-corrected chi connectivity index (χ4v) is 7.36. The molecule has 60 heavy (non-hydrogen) atoms. The van der Waals surface area contributed by atoms with Crippen LogP contribution in [-0.2, 0) is 23.8 Å². The van der Waals surface area contributed by atoms with Crippen LogP contribution in [0, 0.1) is 0 Å². The van der Waals surface area contributed by atoms with Gasteiger partial charge in [0.25, 0.3) is 0 Å². The zero-order valence-corrected chi connectivity index (χ0v) is 40.2. The van der Waals surface area contributed by atoms with Crippen molar-refractivity contribution in [2.24, 2.45) is 0 Å². The quantitative estimate of drug-likeness (QED) is 0.0347. The van der Waals surface area contributed by atoms with Gasteiger partial charge in [0.1, 0.15) is 6.61 Å². The molecule has 0 saturated heterocycles. The summed E-state index contributed by atoms with van der Waals surface area (Å²) < 4.78 is 17.4. The molecule has 0 aliphatic carbocycles. The molecular formula is C55H100O5. The molecule has 0 heterocycles. The van der Waals surface area contributed by atoms with E-state index in [9.17, 15) is 9.59 Å². The molecule has 0 amide bonds. The van der Waals surface area contributed by atoms with Crippen molar-refractivity contribution in [3.63, 3.8) is 0 Å². The molecule has 0 N–H and O–H groups in total. The molecule has 0 fully saturated rings. The first kappa shape index (κ1) is 57.9. The van der Waals surface area contributed by atoms with Crippen molar-refractivity contribution in [2.45, 2.75) is 271 Å². The van der Waals surface area contributed by atoms with Crippen molar-refractivity contribution in [2.75, 3.05) is 19.8 Å². The molecule has 0 spiro atoms. The van der Waals surface area contributed by atoms with Crippen LogP contribution >= 0.6 is 0 Å². The first-order valence-electron chi connectivity index (χ1n) is 26.2. The average Bonchev–Trinajstić information content (AvgIpc) is 3.25. The van der Waals surface area contributed by atoms with Gasteiger partial charge in [-0.25, -0.2) is 0 Å². The van der Waals surface area contributed by atoms with Crippen LogP contribution in [0.2, 0.25) is 0 Å². The summed E-state index contributed by atoms with van der Waals surface area (Å²) in [6.07, 6.45) is 62.6. The third kappa shape index (κ3) is 48.5. The molecule has 0 aromatic carbocycles. The Morgan fingerprint density at radius 3 is 1.20 bits per heavy atom. The highest BCUT2D eigenvalue weighted by Gasteiger charge is 2.17. The molecule has 0 aromatic heterocycles. The highest BCUT2D eigenvalue weighted by atomic mass is 16.6. The molecule has 0 saturated carbocycles. The number of unbranched alkanes of at least 4 members (excludes halogenated alkanes) is 29. The van der Waals surface area contributed by atoms with Crippen molar-refractivity contribution in [1.82, 2.24) is 0 Å². The summed E-state index contributed by atoms with van der Waals surface area (Å²) >= 11 is 0. The number of hydrogen-bond acceptors (Lipinski definition) is 5. The maximum absolute atomic E-state index is 12.8. The lowest BCUT2D eigenvalue weighted by atomic mass is 10.1. The predicted molar refractivity (Wildman–Crippen MR) is 261 cm³/mol. The van der Waals surface area contributed by atoms with E-state index in [0.717, 1.165) is 70.6 Å². The van der Waals surface area contributed by atoms with E-state index >= 15 is 0 Å². The summed E-state index contributed by atoms with van der Waals surface area (Å²) in [5, 5.41) is 0. The number of hydrogen-bond donors (Lipinski definition) is 0. The van der Waals surface area contributed by atoms with Crippen molar-refractivity contribution in [1.29, 1.82) is 0 Å². The maximum atomic E-state index is 12.8. The number of esters is 2. The Morgan fingerprint density at radius 2 is 0.733 bits per heavy atom. The lowest BCUT2D eigenvalue weighted by molar-refractivity contribution is -0.163. The summed E-state index contributed by atoms with van der Waals surface area (Å²) in [4.78, 5) is 25.4. The van der Waals surface area contributed by atoms with Gasteiger partial charge in [-0.3, -0.25) is 9.59 Å². The zero-order valence-electron chi connectivity index (χ0n) is 40.2. The SMILES string of the molecule is CCC/C=C\C/C=C\CCCCCCCC(=O)OCC(COCCCCCCCCCC/C=C\CCCCCCCC)OC(=O)CCCCCCC/C=C\CCCCCC. The highest BCUT2D eigenvalue weighted by molar-refractivity contribution is 5.70. The highest BCUT2D eigenvalue weighted by Crippen LogP contribution is 2.14. The molecule has 0 aromatic rings. The van der Waals surface area contributed by atoms with Gasteiger partial charge in [0.2, 0.25) is 0 Å². The molecule has 0 aliphatic heterocycles. The fourth-order valence-electron chi connectivity index (χ4n) is 7.36. The minimum atomic E-state index is -0.546. The topological polar surface area (TPSA) is 61.8 Å². The molecule has 0 radical (unpaired) electrons. The van der Waals surface area contributed by atoms with E-state index in [1.165, 1.54) is 161 Å². The number of allylic oxidation sites excluding steroid dienone is 8. The number of carbonyl (C=O) groups is 2. The maximum Gasteiger partial charge on any atom is 0.306 e. The van der Waals surface area contributed by atoms with Gasteiger partial charge in [0.05, 0.1) is 6.61 Å². The fraction of sp³-hybridized carbons (Fsp3) is 0.818. The molecular weight excluding hydrogens is 741 g/mol. The van der Waals surface area contributed by atoms with Crippen LogP contribution in [0.25, 0.3) is 0 Å². The van der Waals surface area contributed by atoms with Crippen LogP contribution < -0.4 is 0 Å². The minimum Gasteiger partial charge on any atom is -0.462 e. The third-order valence-corrected chi connectivity index (χ3v) is 11.3. The average molecular weight is 841 g/mol. The van der Waals surface area contributed by atoms with E-state index in [-0.39, 0.29) is 25.2 Å². The largest absolute Gasteiger partial charge is 0.462 e. The van der Waals surface area contributed by atoms with Gasteiger partial charge < -0.3 is 14.2 Å². The minimum absolute atomic E-state index is 0.0750. The Labute approximate surface area is 373 Å². The summed E-state index contributed by atoms with van der Waals surface area (Å²) in [7, 11) is 0. The van der Waals surface area contributed by atoms with Gasteiger partial charge in [0, 0.05) is 19.4 Å². The number of carbonyl (C=O) groups excluding carboxylic acids is 2. The summed E-state index contributed by atoms with van der Waals surface area (Å²) in [5.41, 5.74) is 0. The van der Waals surface area contributed by atoms with Crippen molar-refractivity contribution in [3.05, 3.63) is 48.6 Å². The molecule has 5 heteroatoms. The van der Waals surface area contributed by atoms with Crippen LogP contribution in [0.3, 0.4) is 0 Å². The van der Waals surface area contributed by atoms with E-state index in [1.807, 2.05) is 0 Å². The smallest absolute Gasteiger partial charge is 0.306 e.